The fourth-order valence-electron chi connectivity index (χ4n) is 1.57. The Morgan fingerprint density at radius 1 is 1.50 bits per heavy atom. The molecule has 2 nitrogen and oxygen atoms in total. The van der Waals surface area contributed by atoms with E-state index in [2.05, 4.69) is 4.99 Å². The van der Waals surface area contributed by atoms with E-state index in [0.29, 0.717) is 6.10 Å². The molecule has 1 aliphatic carbocycles. The minimum Gasteiger partial charge on any atom is -0.481 e. The van der Waals surface area contributed by atoms with Gasteiger partial charge < -0.3 is 4.74 Å². The Morgan fingerprint density at radius 2 is 2.50 bits per heavy atom. The van der Waals surface area contributed by atoms with Gasteiger partial charge in [0.05, 0.1) is 0 Å². The molecule has 2 rings (SSSR count). The number of nitrogens with one attached hydrogen (secondary N) is 1. The van der Waals surface area contributed by atoms with Gasteiger partial charge in [-0.1, -0.05) is 0 Å². The van der Waals surface area contributed by atoms with Crippen LogP contribution in [0.3, 0.4) is 0 Å². The van der Waals surface area contributed by atoms with Crippen LogP contribution in [-0.4, -0.2) is 11.8 Å². The van der Waals surface area contributed by atoms with E-state index in [0.717, 1.165) is 0 Å². The van der Waals surface area contributed by atoms with Crippen LogP contribution < -0.4 is 4.99 Å². The Balaban J connectivity index is 2.14. The molecule has 0 spiro atoms. The van der Waals surface area contributed by atoms with Gasteiger partial charge in [0, 0.05) is 6.42 Å². The quantitative estimate of drug-likeness (QED) is 0.498. The second-order valence-corrected chi connectivity index (χ2v) is 2.84. The zero-order valence-corrected chi connectivity index (χ0v) is 5.97. The predicted octanol–water partition coefficient (Wildman–Crippen LogP) is -0.0480. The lowest BCUT2D eigenvalue weighted by Crippen LogP contribution is -2.71. The second-order valence-electron chi connectivity index (χ2n) is 2.84. The van der Waals surface area contributed by atoms with Gasteiger partial charge in [0.15, 0.2) is 11.8 Å². The number of rotatable bonds is 0. The summed E-state index contributed by atoms with van der Waals surface area (Å²) in [6.07, 6.45) is 9.00. The molecule has 1 atom stereocenters. The van der Waals surface area contributed by atoms with Gasteiger partial charge in [-0.25, -0.2) is 4.99 Å². The molecule has 1 heterocycles. The summed E-state index contributed by atoms with van der Waals surface area (Å²) in [6, 6.07) is 0. The second kappa shape index (κ2) is 2.45. The summed E-state index contributed by atoms with van der Waals surface area (Å²) in [5.41, 5.74) is 1.37. The van der Waals surface area contributed by atoms with Crippen molar-refractivity contribution >= 4 is 5.71 Å². The van der Waals surface area contributed by atoms with Gasteiger partial charge in [-0.15, -0.1) is 0 Å². The fraction of sp³-hybridized carbons (Fsp3) is 0.625. The third-order valence-electron chi connectivity index (χ3n) is 2.13. The molecule has 1 unspecified atom stereocenters. The van der Waals surface area contributed by atoms with Crippen LogP contribution in [0.2, 0.25) is 0 Å². The zero-order valence-electron chi connectivity index (χ0n) is 5.97. The van der Waals surface area contributed by atoms with Crippen LogP contribution in [0.5, 0.6) is 0 Å². The number of ether oxygens (including phenoxy) is 1. The first-order valence-electron chi connectivity index (χ1n) is 3.89. The van der Waals surface area contributed by atoms with Crippen molar-refractivity contribution in [2.75, 3.05) is 0 Å². The normalized spacial score (nSPS) is 30.4. The van der Waals surface area contributed by atoms with Gasteiger partial charge in [-0.05, 0) is 19.3 Å². The van der Waals surface area contributed by atoms with Crippen LogP contribution in [0.4, 0.5) is 0 Å². The minimum absolute atomic E-state index is 0.374. The summed E-state index contributed by atoms with van der Waals surface area (Å²) >= 11 is 0. The number of hydrogen-bond acceptors (Lipinski definition) is 1. The SMILES string of the molecule is C1=COC2CCCCC2=[NH+]1. The van der Waals surface area contributed by atoms with Crippen molar-refractivity contribution in [1.82, 2.24) is 0 Å². The van der Waals surface area contributed by atoms with Crippen molar-refractivity contribution in [2.45, 2.75) is 31.8 Å². The van der Waals surface area contributed by atoms with E-state index in [9.17, 15) is 0 Å². The monoisotopic (exact) mass is 138 g/mol. The third kappa shape index (κ3) is 0.939. The number of fused-ring (bicyclic) bond motifs is 1. The molecule has 2 aliphatic rings. The molecule has 1 fully saturated rings. The van der Waals surface area contributed by atoms with Crippen LogP contribution in [0, 0.1) is 0 Å². The first-order chi connectivity index (χ1) is 4.97. The highest BCUT2D eigenvalue weighted by Crippen LogP contribution is 2.16. The van der Waals surface area contributed by atoms with Crippen molar-refractivity contribution in [3.8, 4) is 0 Å². The van der Waals surface area contributed by atoms with E-state index in [1.54, 1.807) is 6.26 Å². The minimum atomic E-state index is 0.374. The summed E-state index contributed by atoms with van der Waals surface area (Å²) in [4.78, 5) is 3.23. The van der Waals surface area contributed by atoms with Gasteiger partial charge >= 0.3 is 0 Å². The Hall–Kier alpha value is -0.790. The van der Waals surface area contributed by atoms with Gasteiger partial charge in [0.2, 0.25) is 6.20 Å². The lowest BCUT2D eigenvalue weighted by Gasteiger charge is -2.20. The molecule has 10 heavy (non-hydrogen) atoms. The maximum absolute atomic E-state index is 5.40. The highest BCUT2D eigenvalue weighted by molar-refractivity contribution is 5.84. The average molecular weight is 138 g/mol. The van der Waals surface area contributed by atoms with E-state index in [-0.39, 0.29) is 0 Å². The molecule has 1 aliphatic heterocycles. The van der Waals surface area contributed by atoms with Crippen LogP contribution in [-0.2, 0) is 4.74 Å². The van der Waals surface area contributed by atoms with Gasteiger partial charge in [-0.3, -0.25) is 0 Å². The summed E-state index contributed by atoms with van der Waals surface area (Å²) in [5, 5.41) is 0. The Kier molecular flexibility index (Phi) is 1.46. The average Bonchev–Trinajstić information content (AvgIpc) is 2.05. The van der Waals surface area contributed by atoms with Crippen LogP contribution in [0.1, 0.15) is 25.7 Å². The van der Waals surface area contributed by atoms with E-state index < -0.39 is 0 Å². The van der Waals surface area contributed by atoms with Crippen molar-refractivity contribution in [2.24, 2.45) is 0 Å². The highest BCUT2D eigenvalue weighted by Gasteiger charge is 2.26. The highest BCUT2D eigenvalue weighted by atomic mass is 16.5. The maximum Gasteiger partial charge on any atom is 0.201 e. The Labute approximate surface area is 60.6 Å². The molecule has 0 aromatic carbocycles. The van der Waals surface area contributed by atoms with Crippen molar-refractivity contribution in [3.05, 3.63) is 12.5 Å². The first kappa shape index (κ1) is 5.96. The number of hydrogen-bond donors (Lipinski definition) is 1. The molecule has 2 heteroatoms. The van der Waals surface area contributed by atoms with E-state index >= 15 is 0 Å². The van der Waals surface area contributed by atoms with Crippen molar-refractivity contribution in [1.29, 1.82) is 0 Å². The summed E-state index contributed by atoms with van der Waals surface area (Å²) < 4.78 is 5.40. The lowest BCUT2D eigenvalue weighted by atomic mass is 9.95. The fourth-order valence-corrected chi connectivity index (χ4v) is 1.57. The zero-order chi connectivity index (χ0) is 6.81. The lowest BCUT2D eigenvalue weighted by molar-refractivity contribution is -0.387. The van der Waals surface area contributed by atoms with Gasteiger partial charge in [0.1, 0.15) is 6.26 Å². The molecular weight excluding hydrogens is 126 g/mol. The molecule has 0 amide bonds. The first-order valence-corrected chi connectivity index (χ1v) is 3.89. The predicted molar refractivity (Wildman–Crippen MR) is 38.5 cm³/mol. The van der Waals surface area contributed by atoms with E-state index in [1.807, 2.05) is 6.20 Å². The largest absolute Gasteiger partial charge is 0.481 e. The molecule has 0 aromatic rings. The molecular formula is C8H12NO+. The van der Waals surface area contributed by atoms with Crippen LogP contribution in [0.15, 0.2) is 12.5 Å². The van der Waals surface area contributed by atoms with Crippen molar-refractivity contribution in [3.63, 3.8) is 0 Å². The standard InChI is InChI=1S/C8H11NO/c1-2-4-8-7(3-1)9-5-6-10-8/h5-6,8H,1-4H2/p+1. The summed E-state index contributed by atoms with van der Waals surface area (Å²) in [7, 11) is 0. The maximum atomic E-state index is 5.40. The van der Waals surface area contributed by atoms with Crippen molar-refractivity contribution < 1.29 is 9.73 Å². The van der Waals surface area contributed by atoms with E-state index in [1.165, 1.54) is 31.4 Å². The Bertz CT molecular complexity index is 184. The molecule has 0 saturated heterocycles. The molecule has 0 aromatic heterocycles. The van der Waals surface area contributed by atoms with Gasteiger partial charge in [0.25, 0.3) is 0 Å². The molecule has 0 radical (unpaired) electrons. The molecule has 1 saturated carbocycles. The summed E-state index contributed by atoms with van der Waals surface area (Å²) in [6.45, 7) is 0. The van der Waals surface area contributed by atoms with Crippen LogP contribution in [0.25, 0.3) is 0 Å². The molecule has 1 N–H and O–H groups in total. The van der Waals surface area contributed by atoms with Crippen LogP contribution >= 0.6 is 0 Å². The topological polar surface area (TPSA) is 23.2 Å². The molecule has 0 bridgehead atoms. The van der Waals surface area contributed by atoms with E-state index in [4.69, 9.17) is 4.74 Å². The smallest absolute Gasteiger partial charge is 0.201 e. The molecule has 54 valence electrons. The third-order valence-corrected chi connectivity index (χ3v) is 2.13. The Morgan fingerprint density at radius 3 is 3.40 bits per heavy atom. The van der Waals surface area contributed by atoms with Gasteiger partial charge in [-0.2, -0.15) is 0 Å². The summed E-state index contributed by atoms with van der Waals surface area (Å²) in [5.74, 6) is 0.